The van der Waals surface area contributed by atoms with E-state index in [2.05, 4.69) is 15.2 Å². The zero-order valence-corrected chi connectivity index (χ0v) is 21.3. The van der Waals surface area contributed by atoms with Crippen LogP contribution in [0.5, 0.6) is 0 Å². The van der Waals surface area contributed by atoms with Crippen LogP contribution in [-0.4, -0.2) is 77.1 Å². The first-order valence-corrected chi connectivity index (χ1v) is 12.7. The number of anilines is 1. The fourth-order valence-corrected chi connectivity index (χ4v) is 5.06. The van der Waals surface area contributed by atoms with Crippen LogP contribution in [0.15, 0.2) is 30.6 Å². The van der Waals surface area contributed by atoms with Gasteiger partial charge in [-0.3, -0.25) is 14.5 Å². The van der Waals surface area contributed by atoms with E-state index in [4.69, 9.17) is 4.74 Å². The van der Waals surface area contributed by atoms with Crippen molar-refractivity contribution in [2.45, 2.75) is 51.4 Å². The lowest BCUT2D eigenvalue weighted by Gasteiger charge is -2.35. The molecule has 1 saturated carbocycles. The largest absolute Gasteiger partial charge is 0.416 e. The molecule has 4 rings (SSSR count). The Bertz CT molecular complexity index is 1100. The van der Waals surface area contributed by atoms with Crippen LogP contribution >= 0.6 is 0 Å². The molecule has 2 fully saturated rings. The van der Waals surface area contributed by atoms with Crippen molar-refractivity contribution in [1.29, 1.82) is 0 Å². The number of ether oxygens (including phenoxy) is 1. The number of amides is 2. The second-order valence-corrected chi connectivity index (χ2v) is 9.83. The lowest BCUT2D eigenvalue weighted by molar-refractivity contribution is -0.137. The Balaban J connectivity index is 1.37. The summed E-state index contributed by atoms with van der Waals surface area (Å²) in [6.45, 7) is 6.58. The third-order valence-corrected chi connectivity index (χ3v) is 7.35. The van der Waals surface area contributed by atoms with Gasteiger partial charge in [0.2, 0.25) is 5.91 Å². The Morgan fingerprint density at radius 2 is 1.95 bits per heavy atom. The summed E-state index contributed by atoms with van der Waals surface area (Å²) >= 11 is 0. The van der Waals surface area contributed by atoms with Crippen molar-refractivity contribution < 1.29 is 27.5 Å². The molecule has 2 atom stereocenters. The molecule has 8 nitrogen and oxygen atoms in total. The number of imidazole rings is 1. The van der Waals surface area contributed by atoms with Crippen molar-refractivity contribution in [2.24, 2.45) is 5.92 Å². The van der Waals surface area contributed by atoms with Gasteiger partial charge in [0, 0.05) is 50.7 Å². The molecular formula is C26H34F3N5O3. The Morgan fingerprint density at radius 1 is 1.19 bits per heavy atom. The van der Waals surface area contributed by atoms with Crippen molar-refractivity contribution in [3.63, 3.8) is 0 Å². The highest BCUT2D eigenvalue weighted by Gasteiger charge is 2.34. The van der Waals surface area contributed by atoms with Crippen molar-refractivity contribution in [3.05, 3.63) is 47.4 Å². The number of morpholine rings is 1. The molecule has 0 radical (unpaired) electrons. The summed E-state index contributed by atoms with van der Waals surface area (Å²) < 4.78 is 46.6. The summed E-state index contributed by atoms with van der Waals surface area (Å²) in [5.41, 5.74) is -0.128. The number of nitrogens with zero attached hydrogens (tertiary/aromatic N) is 4. The van der Waals surface area contributed by atoms with Crippen molar-refractivity contribution in [1.82, 2.24) is 19.4 Å². The lowest BCUT2D eigenvalue weighted by Crippen LogP contribution is -2.42. The SMILES string of the molecule is Cc1ncn(CCN2CCOCC2)c1NC(=O)[C@H]1CCC[C@@H](N(C)C(=O)c2cccc(C(F)(F)F)c2)C1. The standard InChI is InChI=1S/C26H34F3N5O3/c1-18-23(34(17-30-18)10-9-33-11-13-37-14-12-33)31-24(35)19-5-4-8-22(16-19)32(2)25(36)20-6-3-7-21(15-20)26(27,28)29/h3,6-7,15,17,19,22H,4-5,8-14,16H2,1-2H3,(H,31,35)/t19-,22+/m0/s1. The molecule has 11 heteroatoms. The van der Waals surface area contributed by atoms with E-state index in [-0.39, 0.29) is 23.4 Å². The number of rotatable bonds is 7. The molecule has 1 aromatic carbocycles. The minimum Gasteiger partial charge on any atom is -0.379 e. The maximum absolute atomic E-state index is 13.2. The van der Waals surface area contributed by atoms with Gasteiger partial charge in [-0.05, 0) is 44.4 Å². The van der Waals surface area contributed by atoms with Crippen LogP contribution in [0.2, 0.25) is 0 Å². The van der Waals surface area contributed by atoms with Crippen LogP contribution in [0.25, 0.3) is 0 Å². The lowest BCUT2D eigenvalue weighted by atomic mass is 9.84. The number of carbonyl (C=O) groups excluding carboxylic acids is 2. The van der Waals surface area contributed by atoms with Crippen LogP contribution in [0.1, 0.15) is 47.3 Å². The minimum absolute atomic E-state index is 0.0105. The van der Waals surface area contributed by atoms with Crippen LogP contribution in [0.4, 0.5) is 19.0 Å². The molecule has 1 saturated heterocycles. The maximum atomic E-state index is 13.2. The molecule has 0 bridgehead atoms. The molecule has 1 aromatic heterocycles. The first-order chi connectivity index (χ1) is 17.6. The highest BCUT2D eigenvalue weighted by atomic mass is 19.4. The molecule has 202 valence electrons. The summed E-state index contributed by atoms with van der Waals surface area (Å²) in [5.74, 6) is -0.235. The molecule has 1 N–H and O–H groups in total. The van der Waals surface area contributed by atoms with E-state index in [0.717, 1.165) is 57.1 Å². The van der Waals surface area contributed by atoms with Crippen LogP contribution in [-0.2, 0) is 22.3 Å². The molecule has 0 spiro atoms. The predicted octanol–water partition coefficient (Wildman–Crippen LogP) is 3.81. The second-order valence-electron chi connectivity index (χ2n) is 9.83. The molecule has 2 aromatic rings. The van der Waals surface area contributed by atoms with Crippen molar-refractivity contribution >= 4 is 17.6 Å². The highest BCUT2D eigenvalue weighted by Crippen LogP contribution is 2.32. The van der Waals surface area contributed by atoms with Gasteiger partial charge in [0.15, 0.2) is 0 Å². The fraction of sp³-hybridized carbons (Fsp3) is 0.577. The van der Waals surface area contributed by atoms with Gasteiger partial charge in [-0.25, -0.2) is 4.98 Å². The Labute approximate surface area is 214 Å². The average molecular weight is 522 g/mol. The quantitative estimate of drug-likeness (QED) is 0.600. The molecule has 1 aliphatic carbocycles. The van der Waals surface area contributed by atoms with Gasteiger partial charge in [-0.1, -0.05) is 12.5 Å². The van der Waals surface area contributed by atoms with Crippen LogP contribution in [0.3, 0.4) is 0 Å². The average Bonchev–Trinajstić information content (AvgIpc) is 3.25. The molecule has 2 amide bonds. The first-order valence-electron chi connectivity index (χ1n) is 12.7. The Kier molecular flexibility index (Phi) is 8.53. The molecule has 2 heterocycles. The maximum Gasteiger partial charge on any atom is 0.416 e. The summed E-state index contributed by atoms with van der Waals surface area (Å²) in [4.78, 5) is 34.4. The van der Waals surface area contributed by atoms with Gasteiger partial charge >= 0.3 is 6.18 Å². The number of halogens is 3. The van der Waals surface area contributed by atoms with Gasteiger partial charge < -0.3 is 19.5 Å². The van der Waals surface area contributed by atoms with Gasteiger partial charge in [0.05, 0.1) is 30.8 Å². The number of hydrogen-bond donors (Lipinski definition) is 1. The smallest absolute Gasteiger partial charge is 0.379 e. The van der Waals surface area contributed by atoms with Crippen molar-refractivity contribution in [3.8, 4) is 0 Å². The first kappa shape index (κ1) is 27.1. The molecule has 0 unspecified atom stereocenters. The third kappa shape index (κ3) is 6.70. The predicted molar refractivity (Wildman–Crippen MR) is 132 cm³/mol. The molecule has 1 aliphatic heterocycles. The van der Waals surface area contributed by atoms with Crippen molar-refractivity contribution in [2.75, 3.05) is 45.2 Å². The molecular weight excluding hydrogens is 487 g/mol. The fourth-order valence-electron chi connectivity index (χ4n) is 5.06. The Hall–Kier alpha value is -2.92. The molecule has 37 heavy (non-hydrogen) atoms. The number of alkyl halides is 3. The van der Waals surface area contributed by atoms with Gasteiger partial charge in [0.1, 0.15) is 5.82 Å². The van der Waals surface area contributed by atoms with E-state index in [1.807, 2.05) is 11.5 Å². The third-order valence-electron chi connectivity index (χ3n) is 7.35. The number of aryl methyl sites for hydroxylation is 1. The van der Waals surface area contributed by atoms with Crippen LogP contribution in [0, 0.1) is 12.8 Å². The number of aromatic nitrogens is 2. The monoisotopic (exact) mass is 521 g/mol. The number of hydrogen-bond acceptors (Lipinski definition) is 5. The topological polar surface area (TPSA) is 79.7 Å². The minimum atomic E-state index is -4.52. The zero-order chi connectivity index (χ0) is 26.6. The molecule has 2 aliphatic rings. The van der Waals surface area contributed by atoms with Gasteiger partial charge in [0.25, 0.3) is 5.91 Å². The van der Waals surface area contributed by atoms with E-state index in [1.165, 1.54) is 17.0 Å². The normalized spacial score (nSPS) is 21.0. The summed E-state index contributed by atoms with van der Waals surface area (Å²) in [7, 11) is 1.60. The Morgan fingerprint density at radius 3 is 2.68 bits per heavy atom. The summed E-state index contributed by atoms with van der Waals surface area (Å²) in [5, 5.41) is 3.05. The van der Waals surface area contributed by atoms with E-state index >= 15 is 0 Å². The van der Waals surface area contributed by atoms with E-state index in [1.54, 1.807) is 13.4 Å². The van der Waals surface area contributed by atoms with Gasteiger partial charge in [-0.15, -0.1) is 0 Å². The highest BCUT2D eigenvalue weighted by molar-refractivity contribution is 5.95. The number of carbonyl (C=O) groups is 2. The van der Waals surface area contributed by atoms with E-state index in [9.17, 15) is 22.8 Å². The van der Waals surface area contributed by atoms with Gasteiger partial charge in [-0.2, -0.15) is 13.2 Å². The second kappa shape index (κ2) is 11.6. The number of benzene rings is 1. The zero-order valence-electron chi connectivity index (χ0n) is 21.3. The van der Waals surface area contributed by atoms with E-state index < -0.39 is 17.6 Å². The summed E-state index contributed by atoms with van der Waals surface area (Å²) in [6, 6.07) is 4.23. The van der Waals surface area contributed by atoms with E-state index in [0.29, 0.717) is 31.6 Å². The number of nitrogens with one attached hydrogen (secondary N) is 1. The van der Waals surface area contributed by atoms with Crippen LogP contribution < -0.4 is 5.32 Å². The summed E-state index contributed by atoms with van der Waals surface area (Å²) in [6.07, 6.45) is -0.199.